The van der Waals surface area contributed by atoms with Crippen LogP contribution in [0.1, 0.15) is 49.9 Å². The Morgan fingerprint density at radius 2 is 1.92 bits per heavy atom. The number of benzene rings is 1. The number of fused-ring (bicyclic) bond motifs is 1. The number of carbonyl (C=O) groups excluding carboxylic acids is 1. The van der Waals surface area contributed by atoms with Gasteiger partial charge in [-0.2, -0.15) is 0 Å². The van der Waals surface area contributed by atoms with Gasteiger partial charge in [0.25, 0.3) is 5.91 Å². The average Bonchev–Trinajstić information content (AvgIpc) is 2.98. The SMILES string of the molecule is CC(C)Cn1cc(C(=O)N(C)C2CCC(CO)CC2)c2ccccc21. The topological polar surface area (TPSA) is 45.5 Å². The van der Waals surface area contributed by atoms with E-state index in [1.54, 1.807) is 0 Å². The molecule has 1 fully saturated rings. The van der Waals surface area contributed by atoms with E-state index in [0.717, 1.165) is 48.7 Å². The summed E-state index contributed by atoms with van der Waals surface area (Å²) >= 11 is 0. The molecule has 0 saturated heterocycles. The number of aliphatic hydroxyl groups is 1. The fourth-order valence-electron chi connectivity index (χ4n) is 4.03. The largest absolute Gasteiger partial charge is 0.396 e. The summed E-state index contributed by atoms with van der Waals surface area (Å²) in [5.74, 6) is 1.06. The van der Waals surface area contributed by atoms with Crippen LogP contribution in [-0.4, -0.2) is 40.2 Å². The van der Waals surface area contributed by atoms with Crippen LogP contribution in [0.3, 0.4) is 0 Å². The number of amides is 1. The Morgan fingerprint density at radius 1 is 1.24 bits per heavy atom. The lowest BCUT2D eigenvalue weighted by Crippen LogP contribution is -2.39. The van der Waals surface area contributed by atoms with Gasteiger partial charge in [-0.1, -0.05) is 32.0 Å². The highest BCUT2D eigenvalue weighted by atomic mass is 16.3. The van der Waals surface area contributed by atoms with Gasteiger partial charge in [0.1, 0.15) is 0 Å². The van der Waals surface area contributed by atoms with E-state index in [0.29, 0.717) is 11.8 Å². The van der Waals surface area contributed by atoms with Gasteiger partial charge in [-0.25, -0.2) is 0 Å². The number of carbonyl (C=O) groups is 1. The molecule has 1 aliphatic rings. The molecular formula is C21H30N2O2. The lowest BCUT2D eigenvalue weighted by molar-refractivity contribution is 0.0654. The predicted octanol–water partition coefficient (Wildman–Crippen LogP) is 3.92. The zero-order chi connectivity index (χ0) is 18.0. The van der Waals surface area contributed by atoms with Gasteiger partial charge in [0.15, 0.2) is 0 Å². The van der Waals surface area contributed by atoms with Gasteiger partial charge in [-0.3, -0.25) is 4.79 Å². The van der Waals surface area contributed by atoms with Crippen molar-refractivity contribution in [2.75, 3.05) is 13.7 Å². The molecule has 0 aliphatic heterocycles. The third kappa shape index (κ3) is 3.74. The van der Waals surface area contributed by atoms with E-state index in [4.69, 9.17) is 0 Å². The van der Waals surface area contributed by atoms with Gasteiger partial charge in [0, 0.05) is 43.3 Å². The summed E-state index contributed by atoms with van der Waals surface area (Å²) in [5, 5.41) is 10.4. The number of hydrogen-bond acceptors (Lipinski definition) is 2. The van der Waals surface area contributed by atoms with E-state index < -0.39 is 0 Å². The number of nitrogens with zero attached hydrogens (tertiary/aromatic N) is 2. The second kappa shape index (κ2) is 7.61. The van der Waals surface area contributed by atoms with Crippen molar-refractivity contribution in [1.82, 2.24) is 9.47 Å². The number of aliphatic hydroxyl groups excluding tert-OH is 1. The minimum atomic E-state index is 0.117. The second-order valence-electron chi connectivity index (χ2n) is 7.88. The highest BCUT2D eigenvalue weighted by molar-refractivity contribution is 6.07. The maximum absolute atomic E-state index is 13.2. The van der Waals surface area contributed by atoms with Crippen molar-refractivity contribution in [1.29, 1.82) is 0 Å². The molecule has 4 heteroatoms. The first-order valence-electron chi connectivity index (χ1n) is 9.47. The molecule has 3 rings (SSSR count). The predicted molar refractivity (Wildman–Crippen MR) is 102 cm³/mol. The van der Waals surface area contributed by atoms with Crippen molar-refractivity contribution < 1.29 is 9.90 Å². The maximum Gasteiger partial charge on any atom is 0.256 e. The molecule has 1 aromatic heterocycles. The quantitative estimate of drug-likeness (QED) is 0.895. The molecule has 1 heterocycles. The van der Waals surface area contributed by atoms with Crippen LogP contribution in [0.15, 0.2) is 30.5 Å². The molecule has 2 aromatic rings. The number of hydrogen-bond donors (Lipinski definition) is 1. The lowest BCUT2D eigenvalue weighted by Gasteiger charge is -2.34. The fraction of sp³-hybridized carbons (Fsp3) is 0.571. The Bertz CT molecular complexity index is 727. The molecule has 0 atom stereocenters. The molecule has 1 amide bonds. The van der Waals surface area contributed by atoms with Crippen LogP contribution in [0.25, 0.3) is 10.9 Å². The Labute approximate surface area is 150 Å². The first kappa shape index (κ1) is 18.0. The van der Waals surface area contributed by atoms with Gasteiger partial charge >= 0.3 is 0 Å². The van der Waals surface area contributed by atoms with Crippen molar-refractivity contribution in [2.24, 2.45) is 11.8 Å². The molecule has 1 aliphatic carbocycles. The fourth-order valence-corrected chi connectivity index (χ4v) is 4.03. The van der Waals surface area contributed by atoms with E-state index >= 15 is 0 Å². The standard InChI is InChI=1S/C21H30N2O2/c1-15(2)12-23-13-19(18-6-4-5-7-20(18)23)21(25)22(3)17-10-8-16(14-24)9-11-17/h4-7,13,15-17,24H,8-12,14H2,1-3H3. The van der Waals surface area contributed by atoms with E-state index in [-0.39, 0.29) is 18.6 Å². The van der Waals surface area contributed by atoms with Gasteiger partial charge in [0.2, 0.25) is 0 Å². The Kier molecular flexibility index (Phi) is 5.48. The smallest absolute Gasteiger partial charge is 0.256 e. The Balaban J connectivity index is 1.84. The van der Waals surface area contributed by atoms with Crippen LogP contribution in [0.2, 0.25) is 0 Å². The van der Waals surface area contributed by atoms with Gasteiger partial charge < -0.3 is 14.6 Å². The van der Waals surface area contributed by atoms with E-state index in [1.807, 2.05) is 30.3 Å². The van der Waals surface area contributed by atoms with Crippen molar-refractivity contribution in [3.63, 3.8) is 0 Å². The number of aromatic nitrogens is 1. The average molecular weight is 342 g/mol. The first-order chi connectivity index (χ1) is 12.0. The molecule has 25 heavy (non-hydrogen) atoms. The van der Waals surface area contributed by atoms with Crippen molar-refractivity contribution in [3.05, 3.63) is 36.0 Å². The summed E-state index contributed by atoms with van der Waals surface area (Å²) in [4.78, 5) is 15.1. The number of rotatable bonds is 5. The van der Waals surface area contributed by atoms with Crippen molar-refractivity contribution in [3.8, 4) is 0 Å². The summed E-state index contributed by atoms with van der Waals surface area (Å²) in [5.41, 5.74) is 1.94. The van der Waals surface area contributed by atoms with Gasteiger partial charge in [0.05, 0.1) is 5.56 Å². The lowest BCUT2D eigenvalue weighted by atomic mass is 9.86. The summed E-state index contributed by atoms with van der Waals surface area (Å²) < 4.78 is 2.21. The third-order valence-electron chi connectivity index (χ3n) is 5.52. The molecule has 0 radical (unpaired) electrons. The van der Waals surface area contributed by atoms with Crippen LogP contribution in [-0.2, 0) is 6.54 Å². The van der Waals surface area contributed by atoms with E-state index in [2.05, 4.69) is 30.5 Å². The zero-order valence-corrected chi connectivity index (χ0v) is 15.6. The van der Waals surface area contributed by atoms with Crippen LogP contribution in [0.5, 0.6) is 0 Å². The molecule has 136 valence electrons. The van der Waals surface area contributed by atoms with Crippen LogP contribution in [0, 0.1) is 11.8 Å². The summed E-state index contributed by atoms with van der Waals surface area (Å²) in [6.07, 6.45) is 6.01. The minimum absolute atomic E-state index is 0.117. The van der Waals surface area contributed by atoms with Crippen LogP contribution >= 0.6 is 0 Å². The molecule has 1 aromatic carbocycles. The molecular weight excluding hydrogens is 312 g/mol. The highest BCUT2D eigenvalue weighted by Crippen LogP contribution is 2.29. The molecule has 1 saturated carbocycles. The zero-order valence-electron chi connectivity index (χ0n) is 15.6. The highest BCUT2D eigenvalue weighted by Gasteiger charge is 2.28. The summed E-state index contributed by atoms with van der Waals surface area (Å²) in [6.45, 7) is 5.58. The van der Waals surface area contributed by atoms with E-state index in [9.17, 15) is 9.90 Å². The molecule has 0 unspecified atom stereocenters. The Hall–Kier alpha value is -1.81. The van der Waals surface area contributed by atoms with Gasteiger partial charge in [-0.05, 0) is 43.6 Å². The molecule has 0 spiro atoms. The number of para-hydroxylation sites is 1. The first-order valence-corrected chi connectivity index (χ1v) is 9.47. The normalized spacial score (nSPS) is 21.0. The molecule has 1 N–H and O–H groups in total. The van der Waals surface area contributed by atoms with Crippen LogP contribution in [0.4, 0.5) is 0 Å². The van der Waals surface area contributed by atoms with Crippen molar-refractivity contribution >= 4 is 16.8 Å². The van der Waals surface area contributed by atoms with Gasteiger partial charge in [-0.15, -0.1) is 0 Å². The van der Waals surface area contributed by atoms with E-state index in [1.165, 1.54) is 0 Å². The monoisotopic (exact) mass is 342 g/mol. The minimum Gasteiger partial charge on any atom is -0.396 e. The summed E-state index contributed by atoms with van der Waals surface area (Å²) in [7, 11) is 1.93. The van der Waals surface area contributed by atoms with Crippen LogP contribution < -0.4 is 0 Å². The third-order valence-corrected chi connectivity index (χ3v) is 5.52. The second-order valence-corrected chi connectivity index (χ2v) is 7.88. The summed E-state index contributed by atoms with van der Waals surface area (Å²) in [6, 6.07) is 8.47. The molecule has 0 bridgehead atoms. The molecule has 4 nitrogen and oxygen atoms in total. The Morgan fingerprint density at radius 3 is 2.56 bits per heavy atom. The van der Waals surface area contributed by atoms with Crippen molar-refractivity contribution in [2.45, 2.75) is 52.1 Å². The maximum atomic E-state index is 13.2.